The molecule has 0 radical (unpaired) electrons. The Hall–Kier alpha value is -4.44. The molecule has 6 rings (SSSR count). The van der Waals surface area contributed by atoms with Crippen LogP contribution in [0, 0.1) is 40.4 Å². The number of nitrogens with one attached hydrogen (secondary N) is 2. The van der Waals surface area contributed by atoms with Crippen molar-refractivity contribution in [2.75, 3.05) is 18.1 Å². The van der Waals surface area contributed by atoms with Crippen molar-refractivity contribution in [2.24, 2.45) is 40.4 Å². The van der Waals surface area contributed by atoms with Crippen LogP contribution in [0.3, 0.4) is 0 Å². The number of allylic oxidation sites excluding steroid dienone is 6. The molecule has 2 saturated heterocycles. The highest BCUT2D eigenvalue weighted by molar-refractivity contribution is 7.99. The highest BCUT2D eigenvalue weighted by Gasteiger charge is 2.74. The number of thioether (sulfide) groups is 1. The third-order valence-corrected chi connectivity index (χ3v) is 15.9. The first-order valence-electron chi connectivity index (χ1n) is 22.8. The molecule has 22 atom stereocenters. The van der Waals surface area contributed by atoms with E-state index in [0.29, 0.717) is 0 Å². The molecule has 12 N–H and O–H groups in total. The smallest absolute Gasteiger partial charge is 0.328 e. The number of hydrogen-bond donors (Lipinski definition) is 12. The number of ketones is 2. The van der Waals surface area contributed by atoms with Crippen LogP contribution in [0.5, 0.6) is 0 Å². The molecular formula is C46H62N2O21S. The van der Waals surface area contributed by atoms with Gasteiger partial charge >= 0.3 is 17.9 Å². The topological polar surface area (TPSA) is 383 Å². The normalized spacial score (nSPS) is 43.2. The van der Waals surface area contributed by atoms with Gasteiger partial charge in [0.15, 0.2) is 29.4 Å². The van der Waals surface area contributed by atoms with E-state index in [1.54, 1.807) is 19.9 Å². The molecule has 0 bridgehead atoms. The third kappa shape index (κ3) is 10.3. The van der Waals surface area contributed by atoms with Crippen LogP contribution in [0.1, 0.15) is 40.5 Å². The van der Waals surface area contributed by atoms with Crippen LogP contribution in [0.2, 0.25) is 0 Å². The van der Waals surface area contributed by atoms with Gasteiger partial charge in [-0.15, -0.1) is 0 Å². The largest absolute Gasteiger partial charge is 0.478 e. The number of fused-ring (bicyclic) bond motifs is 3. The second kappa shape index (κ2) is 22.1. The van der Waals surface area contributed by atoms with Gasteiger partial charge in [-0.25, -0.2) is 4.79 Å². The van der Waals surface area contributed by atoms with Crippen LogP contribution in [-0.4, -0.2) is 202 Å². The first-order valence-corrected chi connectivity index (χ1v) is 24.0. The molecule has 2 aliphatic heterocycles. The summed E-state index contributed by atoms with van der Waals surface area (Å²) in [4.78, 5) is 94.3. The summed E-state index contributed by atoms with van der Waals surface area (Å²) in [5, 5.41) is 109. The number of carbonyl (C=O) groups excluding carboxylic acids is 6. The van der Waals surface area contributed by atoms with Crippen molar-refractivity contribution < 1.29 is 104 Å². The lowest BCUT2D eigenvalue weighted by Crippen LogP contribution is -2.69. The summed E-state index contributed by atoms with van der Waals surface area (Å²) in [7, 11) is 0. The fraction of sp³-hybridized carbons (Fsp3) is 0.674. The van der Waals surface area contributed by atoms with E-state index in [9.17, 15) is 74.7 Å². The van der Waals surface area contributed by atoms with Gasteiger partial charge in [0, 0.05) is 54.6 Å². The Morgan fingerprint density at radius 2 is 1.51 bits per heavy atom. The lowest BCUT2D eigenvalue weighted by molar-refractivity contribution is -0.319. The highest BCUT2D eigenvalue weighted by atomic mass is 32.2. The molecule has 23 nitrogen and oxygen atoms in total. The average molecular weight is 1010 g/mol. The zero-order chi connectivity index (χ0) is 51.7. The van der Waals surface area contributed by atoms with E-state index in [2.05, 4.69) is 10.6 Å². The average Bonchev–Trinajstić information content (AvgIpc) is 3.55. The minimum absolute atomic E-state index is 0.0730. The van der Waals surface area contributed by atoms with Crippen LogP contribution < -0.4 is 10.6 Å². The molecule has 0 aromatic heterocycles. The number of aliphatic hydroxyl groups is 9. The maximum Gasteiger partial charge on any atom is 0.328 e. The first kappa shape index (κ1) is 54.9. The summed E-state index contributed by atoms with van der Waals surface area (Å²) in [6.45, 7) is 4.75. The predicted molar refractivity (Wildman–Crippen MR) is 238 cm³/mol. The number of cyclic esters (lactones) is 1. The molecule has 70 heavy (non-hydrogen) atoms. The summed E-state index contributed by atoms with van der Waals surface area (Å²) in [6.07, 6.45) is -11.2. The van der Waals surface area contributed by atoms with E-state index in [4.69, 9.17) is 24.1 Å². The van der Waals surface area contributed by atoms with Gasteiger partial charge in [0.1, 0.15) is 73.1 Å². The number of aliphatic carboxylic acids is 1. The van der Waals surface area contributed by atoms with E-state index in [1.165, 1.54) is 37.3 Å². The molecule has 388 valence electrons. The van der Waals surface area contributed by atoms with Gasteiger partial charge in [0.25, 0.3) is 0 Å². The van der Waals surface area contributed by atoms with Gasteiger partial charge in [-0.2, -0.15) is 11.8 Å². The van der Waals surface area contributed by atoms with Crippen molar-refractivity contribution in [2.45, 2.75) is 132 Å². The van der Waals surface area contributed by atoms with E-state index in [1.807, 2.05) is 6.08 Å². The first-order chi connectivity index (χ1) is 32.9. The number of Topliss-reactive ketones (excluding diaryl/α,β-unsaturated/α-hetero) is 2. The minimum atomic E-state index is -2.42. The fourth-order valence-electron chi connectivity index (χ4n) is 10.9. The number of carboxylic acids is 1. The molecule has 2 amide bonds. The van der Waals surface area contributed by atoms with Crippen LogP contribution in [0.15, 0.2) is 48.6 Å². The lowest BCUT2D eigenvalue weighted by Gasteiger charge is -2.58. The summed E-state index contributed by atoms with van der Waals surface area (Å²) in [6, 6.07) is -3.31. The predicted octanol–water partition coefficient (Wildman–Crippen LogP) is -4.07. The summed E-state index contributed by atoms with van der Waals surface area (Å²) in [5.41, 5.74) is -3.89. The van der Waals surface area contributed by atoms with E-state index < -0.39 is 180 Å². The quantitative estimate of drug-likeness (QED) is 0.0244. The fourth-order valence-corrected chi connectivity index (χ4v) is 12.0. The second-order valence-electron chi connectivity index (χ2n) is 19.0. The Bertz CT molecular complexity index is 2120. The summed E-state index contributed by atoms with van der Waals surface area (Å²) in [5.74, 6) is -10.6. The molecule has 5 fully saturated rings. The zero-order valence-corrected chi connectivity index (χ0v) is 39.4. The molecule has 2 heterocycles. The monoisotopic (exact) mass is 1010 g/mol. The summed E-state index contributed by atoms with van der Waals surface area (Å²) < 4.78 is 22.5. The molecule has 6 aliphatic rings. The van der Waals surface area contributed by atoms with Crippen molar-refractivity contribution in [1.29, 1.82) is 0 Å². The number of esters is 2. The molecule has 4 aliphatic carbocycles. The molecule has 0 aromatic carbocycles. The Labute approximate surface area is 405 Å². The van der Waals surface area contributed by atoms with Crippen molar-refractivity contribution in [3.63, 3.8) is 0 Å². The number of carbonyl (C=O) groups is 7. The van der Waals surface area contributed by atoms with Gasteiger partial charge in [-0.05, 0) is 24.7 Å². The SMILES string of the molecule is CC(=O)N[C@H](CSC[C@@H]1OC(=O)[C@@]2(C1=O)C(=O)[C@@]1(C)[C@@H](C=C[C@H]3[C@H](O)[C@@H](C)[C@H](OC(C)=O)C[C@@H]31)C[C@H]2C=CC=CC=CC(=O)O)C(=O)N[C@H]1[C@@H](OC2[C@@H](O)[C@H](O)C(O)[C@H](O)[C@@H]2O)O[C@@H](CO)[C@@H](O)[C@@H]1O. The molecule has 24 heteroatoms. The lowest BCUT2D eigenvalue weighted by atomic mass is 9.43. The minimum Gasteiger partial charge on any atom is -0.478 e. The maximum absolute atomic E-state index is 15.5. The van der Waals surface area contributed by atoms with Crippen LogP contribution >= 0.6 is 11.8 Å². The van der Waals surface area contributed by atoms with Gasteiger partial charge in [-0.3, -0.25) is 28.8 Å². The zero-order valence-electron chi connectivity index (χ0n) is 38.6. The molecular weight excluding hydrogens is 949 g/mol. The van der Waals surface area contributed by atoms with Gasteiger partial charge in [-0.1, -0.05) is 56.4 Å². The Morgan fingerprint density at radius 3 is 2.13 bits per heavy atom. The van der Waals surface area contributed by atoms with Crippen LogP contribution in [0.4, 0.5) is 0 Å². The number of aliphatic hydroxyl groups excluding tert-OH is 9. The number of rotatable bonds is 15. The van der Waals surface area contributed by atoms with Crippen LogP contribution in [-0.2, 0) is 52.5 Å². The van der Waals surface area contributed by atoms with Crippen molar-refractivity contribution in [3.8, 4) is 0 Å². The molecule has 0 aromatic rings. The van der Waals surface area contributed by atoms with Crippen LogP contribution in [0.25, 0.3) is 0 Å². The van der Waals surface area contributed by atoms with Gasteiger partial charge in [0.05, 0.1) is 12.7 Å². The Balaban J connectivity index is 1.24. The maximum atomic E-state index is 15.5. The number of hydrogen-bond acceptors (Lipinski definition) is 21. The second-order valence-corrected chi connectivity index (χ2v) is 20.1. The van der Waals surface area contributed by atoms with Gasteiger partial charge in [0.2, 0.25) is 11.8 Å². The van der Waals surface area contributed by atoms with Gasteiger partial charge < -0.3 is 80.6 Å². The number of amides is 2. The Morgan fingerprint density at radius 1 is 0.871 bits per heavy atom. The van der Waals surface area contributed by atoms with E-state index in [0.717, 1.165) is 24.8 Å². The van der Waals surface area contributed by atoms with E-state index in [-0.39, 0.29) is 24.3 Å². The standard InChI is InChI=1S/C46H62N2O21S/c1-18-26(66-20(3)51)14-24-23(31(18)54)12-11-21-13-22(9-7-5-6-8-10-29(52)53)46(43(64)45(21,24)4)40(62)28(68-44(46)65)17-70-16-25(47-19(2)50)41(63)48-30-33(56)32(55)27(15-49)67-42(30)69-39-37(60)35(58)34(57)36(59)38(39)61/h5-12,18,21-28,30-39,42,49,54-61H,13-17H2,1-4H3,(H,47,50)(H,48,63)(H,52,53)/t18-,21-,22+,23+,24-,25+,26+,27-,28-,30+,31+,32+,33+,34?,35-,36+,37-,38-,39?,42+,45-,46-/m0/s1. The van der Waals surface area contributed by atoms with Crippen molar-refractivity contribution in [3.05, 3.63) is 48.6 Å². The van der Waals surface area contributed by atoms with Crippen molar-refractivity contribution >= 4 is 53.1 Å². The molecule has 2 unspecified atom stereocenters. The highest BCUT2D eigenvalue weighted by Crippen LogP contribution is 2.62. The molecule has 3 saturated carbocycles. The number of ether oxygens (including phenoxy) is 4. The third-order valence-electron chi connectivity index (χ3n) is 14.8. The van der Waals surface area contributed by atoms with Crippen molar-refractivity contribution in [1.82, 2.24) is 10.6 Å². The molecule has 1 spiro atoms. The number of carboxylic acid groups (broad SMARTS) is 1. The van der Waals surface area contributed by atoms with E-state index >= 15 is 4.79 Å². The summed E-state index contributed by atoms with van der Waals surface area (Å²) >= 11 is 0.843. The Kier molecular flexibility index (Phi) is 17.4.